The fraction of sp³-hybridized carbons (Fsp3) is 0.438. The number of nitrogens with one attached hydrogen (secondary N) is 1. The zero-order valence-corrected chi connectivity index (χ0v) is 14.6. The second-order valence-corrected chi connectivity index (χ2v) is 6.41. The molecule has 0 aromatic heterocycles. The Kier molecular flexibility index (Phi) is 5.84. The molecule has 9 heteroatoms. The molecule has 2 atom stereocenters. The number of hydrogen-bond acceptors (Lipinski definition) is 3. The Morgan fingerprint density at radius 2 is 2.20 bits per heavy atom. The van der Waals surface area contributed by atoms with Crippen molar-refractivity contribution < 1.29 is 23.9 Å². The molecule has 136 valence electrons. The van der Waals surface area contributed by atoms with Crippen LogP contribution in [0.2, 0.25) is 5.02 Å². The summed E-state index contributed by atoms with van der Waals surface area (Å²) in [4.78, 5) is 38.1. The minimum atomic E-state index is -1.00. The molecular formula is C16H19ClFN3O4. The predicted molar refractivity (Wildman–Crippen MR) is 90.1 cm³/mol. The van der Waals surface area contributed by atoms with Gasteiger partial charge in [-0.05, 0) is 24.6 Å². The third kappa shape index (κ3) is 4.39. The third-order valence-corrected chi connectivity index (χ3v) is 4.32. The van der Waals surface area contributed by atoms with Crippen LogP contribution in [-0.4, -0.2) is 54.1 Å². The van der Waals surface area contributed by atoms with E-state index in [1.54, 1.807) is 0 Å². The van der Waals surface area contributed by atoms with Crippen molar-refractivity contribution in [2.45, 2.75) is 19.4 Å². The first-order valence-corrected chi connectivity index (χ1v) is 8.09. The summed E-state index contributed by atoms with van der Waals surface area (Å²) in [6, 6.07) is 2.74. The van der Waals surface area contributed by atoms with Crippen LogP contribution < -0.4 is 10.2 Å². The van der Waals surface area contributed by atoms with Gasteiger partial charge in [-0.3, -0.25) is 9.59 Å². The average molecular weight is 372 g/mol. The summed E-state index contributed by atoms with van der Waals surface area (Å²) < 4.78 is 13.2. The molecule has 1 heterocycles. The molecule has 25 heavy (non-hydrogen) atoms. The largest absolute Gasteiger partial charge is 0.481 e. The number of anilines is 1. The minimum Gasteiger partial charge on any atom is -0.481 e. The Morgan fingerprint density at radius 3 is 2.80 bits per heavy atom. The molecular weight excluding hydrogens is 353 g/mol. The molecule has 2 N–H and O–H groups in total. The standard InChI is InChI=1S/C16H19ClFN3O4/c1-9(15(23)24)8-20(2)16(25)19-13-5-6-21(14(13)22)10-3-4-12(18)11(17)7-10/h3-4,7,9,13H,5-6,8H2,1-2H3,(H,19,25)(H,23,24). The molecule has 0 aliphatic carbocycles. The van der Waals surface area contributed by atoms with Gasteiger partial charge in [0.05, 0.1) is 10.9 Å². The normalized spacial score (nSPS) is 18.2. The van der Waals surface area contributed by atoms with Gasteiger partial charge in [0, 0.05) is 25.8 Å². The van der Waals surface area contributed by atoms with Gasteiger partial charge in [-0.2, -0.15) is 0 Å². The van der Waals surface area contributed by atoms with E-state index in [9.17, 15) is 18.8 Å². The number of halogens is 2. The first kappa shape index (κ1) is 19.0. The maximum Gasteiger partial charge on any atom is 0.317 e. The molecule has 0 radical (unpaired) electrons. The number of carbonyl (C=O) groups excluding carboxylic acids is 2. The molecule has 2 unspecified atom stereocenters. The van der Waals surface area contributed by atoms with E-state index >= 15 is 0 Å². The smallest absolute Gasteiger partial charge is 0.317 e. The van der Waals surface area contributed by atoms with Gasteiger partial charge in [0.25, 0.3) is 0 Å². The van der Waals surface area contributed by atoms with Crippen LogP contribution in [0, 0.1) is 11.7 Å². The number of carbonyl (C=O) groups is 3. The third-order valence-electron chi connectivity index (χ3n) is 4.03. The van der Waals surface area contributed by atoms with Crippen molar-refractivity contribution in [1.29, 1.82) is 0 Å². The van der Waals surface area contributed by atoms with Crippen LogP contribution in [0.25, 0.3) is 0 Å². The van der Waals surface area contributed by atoms with Crippen LogP contribution in [0.15, 0.2) is 18.2 Å². The first-order valence-electron chi connectivity index (χ1n) is 7.71. The van der Waals surface area contributed by atoms with Crippen LogP contribution in [0.3, 0.4) is 0 Å². The highest BCUT2D eigenvalue weighted by atomic mass is 35.5. The number of rotatable bonds is 5. The summed E-state index contributed by atoms with van der Waals surface area (Å²) in [6.07, 6.45) is 0.391. The van der Waals surface area contributed by atoms with Crippen LogP contribution >= 0.6 is 11.6 Å². The molecule has 2 rings (SSSR count). The summed E-state index contributed by atoms with van der Waals surface area (Å²) in [6.45, 7) is 1.88. The number of amides is 3. The van der Waals surface area contributed by atoms with Gasteiger partial charge in [0.1, 0.15) is 11.9 Å². The second-order valence-electron chi connectivity index (χ2n) is 6.00. The lowest BCUT2D eigenvalue weighted by atomic mass is 10.2. The SMILES string of the molecule is CC(CN(C)C(=O)NC1CCN(c2ccc(F)c(Cl)c2)C1=O)C(=O)O. The second kappa shape index (κ2) is 7.69. The van der Waals surface area contributed by atoms with E-state index in [1.165, 1.54) is 42.0 Å². The number of urea groups is 1. The number of aliphatic carboxylic acids is 1. The summed E-state index contributed by atoms with van der Waals surface area (Å²) in [5.74, 6) is -2.62. The zero-order chi connectivity index (χ0) is 18.7. The number of carboxylic acid groups (broad SMARTS) is 1. The zero-order valence-electron chi connectivity index (χ0n) is 13.8. The molecule has 1 aliphatic heterocycles. The van der Waals surface area contributed by atoms with Gasteiger partial charge >= 0.3 is 12.0 Å². The predicted octanol–water partition coefficient (Wildman–Crippen LogP) is 1.95. The van der Waals surface area contributed by atoms with Gasteiger partial charge in [-0.25, -0.2) is 9.18 Å². The highest BCUT2D eigenvalue weighted by Gasteiger charge is 2.34. The lowest BCUT2D eigenvalue weighted by Gasteiger charge is -2.22. The Balaban J connectivity index is 1.98. The fourth-order valence-corrected chi connectivity index (χ4v) is 2.73. The van der Waals surface area contributed by atoms with Crippen molar-refractivity contribution in [2.24, 2.45) is 5.92 Å². The van der Waals surface area contributed by atoms with Crippen molar-refractivity contribution in [3.8, 4) is 0 Å². The van der Waals surface area contributed by atoms with Crippen LogP contribution in [0.1, 0.15) is 13.3 Å². The van der Waals surface area contributed by atoms with Gasteiger partial charge in [-0.15, -0.1) is 0 Å². The van der Waals surface area contributed by atoms with E-state index in [0.29, 0.717) is 18.7 Å². The first-order chi connectivity index (χ1) is 11.7. The minimum absolute atomic E-state index is 0.0271. The summed E-state index contributed by atoms with van der Waals surface area (Å²) in [5, 5.41) is 11.4. The monoisotopic (exact) mass is 371 g/mol. The number of hydrogen-bond donors (Lipinski definition) is 2. The van der Waals surface area contributed by atoms with E-state index in [-0.39, 0.29) is 17.5 Å². The fourth-order valence-electron chi connectivity index (χ4n) is 2.55. The van der Waals surface area contributed by atoms with Gasteiger partial charge < -0.3 is 20.2 Å². The molecule has 7 nitrogen and oxygen atoms in total. The molecule has 1 fully saturated rings. The van der Waals surface area contributed by atoms with Crippen molar-refractivity contribution in [3.05, 3.63) is 29.0 Å². The maximum atomic E-state index is 13.2. The van der Waals surface area contributed by atoms with Crippen molar-refractivity contribution >= 4 is 35.2 Å². The lowest BCUT2D eigenvalue weighted by molar-refractivity contribution is -0.141. The van der Waals surface area contributed by atoms with Crippen molar-refractivity contribution in [1.82, 2.24) is 10.2 Å². The Labute approximate surface area is 149 Å². The summed E-state index contributed by atoms with van der Waals surface area (Å²) in [5.41, 5.74) is 0.459. The van der Waals surface area contributed by atoms with Crippen molar-refractivity contribution in [2.75, 3.05) is 25.0 Å². The molecule has 1 saturated heterocycles. The maximum absolute atomic E-state index is 13.2. The van der Waals surface area contributed by atoms with E-state index in [0.717, 1.165) is 0 Å². The Morgan fingerprint density at radius 1 is 1.52 bits per heavy atom. The molecule has 0 bridgehead atoms. The van der Waals surface area contributed by atoms with Gasteiger partial charge in [0.15, 0.2) is 0 Å². The van der Waals surface area contributed by atoms with E-state index in [4.69, 9.17) is 16.7 Å². The highest BCUT2D eigenvalue weighted by molar-refractivity contribution is 6.31. The van der Waals surface area contributed by atoms with Crippen LogP contribution in [0.4, 0.5) is 14.9 Å². The molecule has 1 aromatic rings. The Hall–Kier alpha value is -2.35. The molecule has 1 aromatic carbocycles. The number of carboxylic acids is 1. The molecule has 0 spiro atoms. The van der Waals surface area contributed by atoms with Crippen LogP contribution in [0.5, 0.6) is 0 Å². The molecule has 3 amide bonds. The average Bonchev–Trinajstić information content (AvgIpc) is 2.90. The molecule has 0 saturated carbocycles. The van der Waals surface area contributed by atoms with Crippen molar-refractivity contribution in [3.63, 3.8) is 0 Å². The topological polar surface area (TPSA) is 90.0 Å². The highest BCUT2D eigenvalue weighted by Crippen LogP contribution is 2.26. The van der Waals surface area contributed by atoms with E-state index in [2.05, 4.69) is 5.32 Å². The van der Waals surface area contributed by atoms with Gasteiger partial charge in [-0.1, -0.05) is 18.5 Å². The molecule has 1 aliphatic rings. The van der Waals surface area contributed by atoms with Crippen LogP contribution in [-0.2, 0) is 9.59 Å². The summed E-state index contributed by atoms with van der Waals surface area (Å²) >= 11 is 5.74. The number of benzene rings is 1. The Bertz CT molecular complexity index is 700. The van der Waals surface area contributed by atoms with E-state index < -0.39 is 29.8 Å². The van der Waals surface area contributed by atoms with Gasteiger partial charge in [0.2, 0.25) is 5.91 Å². The van der Waals surface area contributed by atoms with E-state index in [1.807, 2.05) is 0 Å². The lowest BCUT2D eigenvalue weighted by Crippen LogP contribution is -2.48. The quantitative estimate of drug-likeness (QED) is 0.827. The number of nitrogens with zero attached hydrogens (tertiary/aromatic N) is 2. The summed E-state index contributed by atoms with van der Waals surface area (Å²) in [7, 11) is 1.46.